The average Bonchev–Trinajstić information content (AvgIpc) is 2.70. The first-order valence-corrected chi connectivity index (χ1v) is 5.01. The van der Waals surface area contributed by atoms with E-state index in [4.69, 9.17) is 0 Å². The predicted molar refractivity (Wildman–Crippen MR) is 65.7 cm³/mol. The number of hydrogen-bond acceptors (Lipinski definition) is 2. The van der Waals surface area contributed by atoms with Crippen molar-refractivity contribution in [2.24, 2.45) is 0 Å². The minimum Gasteiger partial charge on any atom is -0.341 e. The van der Waals surface area contributed by atoms with E-state index in [1.165, 1.54) is 0 Å². The topological polar surface area (TPSA) is 74.0 Å². The summed E-state index contributed by atoms with van der Waals surface area (Å²) in [5.41, 5.74) is 0.915. The van der Waals surface area contributed by atoms with Gasteiger partial charge in [0.25, 0.3) is 5.91 Å². The molecule has 0 unspecified atom stereocenters. The highest BCUT2D eigenvalue weighted by molar-refractivity contribution is 6.05. The monoisotopic (exact) mass is 229 g/mol. The second-order valence-corrected chi connectivity index (χ2v) is 3.42. The molecule has 0 saturated heterocycles. The van der Waals surface area contributed by atoms with Gasteiger partial charge >= 0.3 is 6.03 Å². The largest absolute Gasteiger partial charge is 0.341 e. The molecule has 0 aliphatic heterocycles. The van der Waals surface area contributed by atoms with Crippen molar-refractivity contribution in [3.63, 3.8) is 0 Å². The molecule has 1 aromatic carbocycles. The Morgan fingerprint density at radius 3 is 2.76 bits per heavy atom. The third kappa shape index (κ3) is 2.52. The Morgan fingerprint density at radius 1 is 1.29 bits per heavy atom. The van der Waals surface area contributed by atoms with E-state index in [0.717, 1.165) is 17.0 Å². The summed E-state index contributed by atoms with van der Waals surface area (Å²) < 4.78 is 0. The Kier molecular flexibility index (Phi) is 2.91. The molecule has 5 heteroatoms. The number of imide groups is 1. The highest BCUT2D eigenvalue weighted by Gasteiger charge is 2.06. The van der Waals surface area contributed by atoms with Crippen molar-refractivity contribution in [2.45, 2.75) is 0 Å². The SMILES string of the molecule is C=CC(=O)NC(=O)Nc1cc2ccccc2[nH]1. The van der Waals surface area contributed by atoms with Crippen LogP contribution in [0.15, 0.2) is 43.0 Å². The Morgan fingerprint density at radius 2 is 2.06 bits per heavy atom. The summed E-state index contributed by atoms with van der Waals surface area (Å²) in [6.45, 7) is 3.26. The number of aromatic amines is 1. The van der Waals surface area contributed by atoms with Gasteiger partial charge in [-0.15, -0.1) is 0 Å². The fourth-order valence-electron chi connectivity index (χ4n) is 1.46. The van der Waals surface area contributed by atoms with Gasteiger partial charge in [0.2, 0.25) is 0 Å². The number of amides is 3. The number of nitrogens with one attached hydrogen (secondary N) is 3. The molecule has 0 atom stereocenters. The van der Waals surface area contributed by atoms with Gasteiger partial charge in [0.1, 0.15) is 5.82 Å². The fraction of sp³-hybridized carbons (Fsp3) is 0. The van der Waals surface area contributed by atoms with E-state index in [1.54, 1.807) is 6.07 Å². The minimum atomic E-state index is -0.596. The summed E-state index contributed by atoms with van der Waals surface area (Å²) in [7, 11) is 0. The van der Waals surface area contributed by atoms with Gasteiger partial charge in [-0.1, -0.05) is 24.8 Å². The Bertz CT molecular complexity index is 553. The fourth-order valence-corrected chi connectivity index (χ4v) is 1.46. The summed E-state index contributed by atoms with van der Waals surface area (Å²) in [6, 6.07) is 8.80. The summed E-state index contributed by atoms with van der Waals surface area (Å²) in [6.07, 6.45) is 1.03. The van der Waals surface area contributed by atoms with E-state index in [2.05, 4.69) is 22.2 Å². The molecule has 5 nitrogen and oxygen atoms in total. The quantitative estimate of drug-likeness (QED) is 0.689. The maximum Gasteiger partial charge on any atom is 0.327 e. The number of benzene rings is 1. The molecule has 3 N–H and O–H groups in total. The average molecular weight is 229 g/mol. The van der Waals surface area contributed by atoms with Crippen molar-refractivity contribution in [1.29, 1.82) is 0 Å². The number of fused-ring (bicyclic) bond motifs is 1. The van der Waals surface area contributed by atoms with Gasteiger partial charge in [-0.25, -0.2) is 4.79 Å². The van der Waals surface area contributed by atoms with Crippen LogP contribution in [0.25, 0.3) is 10.9 Å². The van der Waals surface area contributed by atoms with E-state index >= 15 is 0 Å². The van der Waals surface area contributed by atoms with Crippen LogP contribution in [0, 0.1) is 0 Å². The number of urea groups is 1. The summed E-state index contributed by atoms with van der Waals surface area (Å²) >= 11 is 0. The van der Waals surface area contributed by atoms with Gasteiger partial charge < -0.3 is 4.98 Å². The van der Waals surface area contributed by atoms with Gasteiger partial charge in [0.15, 0.2) is 0 Å². The third-order valence-electron chi connectivity index (χ3n) is 2.20. The predicted octanol–water partition coefficient (Wildman–Crippen LogP) is 2.00. The molecule has 1 heterocycles. The van der Waals surface area contributed by atoms with Crippen LogP contribution in [0.1, 0.15) is 0 Å². The van der Waals surface area contributed by atoms with Gasteiger partial charge in [0.05, 0.1) is 0 Å². The van der Waals surface area contributed by atoms with Crippen LogP contribution in [0.3, 0.4) is 0 Å². The second kappa shape index (κ2) is 4.52. The maximum absolute atomic E-state index is 11.3. The first-order chi connectivity index (χ1) is 8.19. The lowest BCUT2D eigenvalue weighted by Crippen LogP contribution is -2.33. The van der Waals surface area contributed by atoms with Crippen LogP contribution in [-0.2, 0) is 4.79 Å². The summed E-state index contributed by atoms with van der Waals surface area (Å²) in [5, 5.41) is 5.60. The number of H-pyrrole nitrogens is 1. The molecule has 86 valence electrons. The van der Waals surface area contributed by atoms with Crippen molar-refractivity contribution >= 4 is 28.7 Å². The Hall–Kier alpha value is -2.56. The lowest BCUT2D eigenvalue weighted by atomic mass is 10.2. The van der Waals surface area contributed by atoms with Crippen molar-refractivity contribution in [3.8, 4) is 0 Å². The van der Waals surface area contributed by atoms with Gasteiger partial charge in [-0.05, 0) is 18.2 Å². The molecular formula is C12H11N3O2. The van der Waals surface area contributed by atoms with E-state index in [0.29, 0.717) is 5.82 Å². The van der Waals surface area contributed by atoms with E-state index in [1.807, 2.05) is 24.3 Å². The highest BCUT2D eigenvalue weighted by Crippen LogP contribution is 2.17. The molecule has 17 heavy (non-hydrogen) atoms. The highest BCUT2D eigenvalue weighted by atomic mass is 16.2. The van der Waals surface area contributed by atoms with Crippen LogP contribution in [-0.4, -0.2) is 16.9 Å². The zero-order valence-corrected chi connectivity index (χ0v) is 8.99. The normalized spacial score (nSPS) is 9.88. The third-order valence-corrected chi connectivity index (χ3v) is 2.20. The van der Waals surface area contributed by atoms with Crippen LogP contribution >= 0.6 is 0 Å². The molecule has 2 rings (SSSR count). The first kappa shape index (κ1) is 10.9. The lowest BCUT2D eigenvalue weighted by Gasteiger charge is -2.01. The zero-order chi connectivity index (χ0) is 12.3. The number of aromatic nitrogens is 1. The molecule has 3 amide bonds. The van der Waals surface area contributed by atoms with Gasteiger partial charge in [-0.3, -0.25) is 15.4 Å². The van der Waals surface area contributed by atoms with E-state index in [9.17, 15) is 9.59 Å². The van der Waals surface area contributed by atoms with E-state index < -0.39 is 11.9 Å². The van der Waals surface area contributed by atoms with Crippen molar-refractivity contribution < 1.29 is 9.59 Å². The Balaban J connectivity index is 2.10. The van der Waals surface area contributed by atoms with Gasteiger partial charge in [0, 0.05) is 10.9 Å². The molecule has 0 bridgehead atoms. The molecular weight excluding hydrogens is 218 g/mol. The maximum atomic E-state index is 11.3. The molecule has 1 aromatic heterocycles. The number of para-hydroxylation sites is 1. The standard InChI is InChI=1S/C12H11N3O2/c1-2-11(16)15-12(17)14-10-7-8-5-3-4-6-9(8)13-10/h2-7,13H,1H2,(H2,14,15,16,17). The second-order valence-electron chi connectivity index (χ2n) is 3.42. The van der Waals surface area contributed by atoms with Crippen LogP contribution in [0.2, 0.25) is 0 Å². The van der Waals surface area contributed by atoms with Crippen LogP contribution in [0.4, 0.5) is 10.6 Å². The smallest absolute Gasteiger partial charge is 0.327 e. The van der Waals surface area contributed by atoms with Crippen molar-refractivity contribution in [1.82, 2.24) is 10.3 Å². The molecule has 2 aromatic rings. The molecule has 0 fully saturated rings. The van der Waals surface area contributed by atoms with Gasteiger partial charge in [-0.2, -0.15) is 0 Å². The minimum absolute atomic E-state index is 0.528. The lowest BCUT2D eigenvalue weighted by molar-refractivity contribution is -0.115. The van der Waals surface area contributed by atoms with Crippen LogP contribution in [0.5, 0.6) is 0 Å². The summed E-state index contributed by atoms with van der Waals surface area (Å²) in [5.74, 6) is -0.0147. The molecule has 0 aliphatic rings. The van der Waals surface area contributed by atoms with E-state index in [-0.39, 0.29) is 0 Å². The molecule has 0 radical (unpaired) electrons. The number of carbonyl (C=O) groups is 2. The zero-order valence-electron chi connectivity index (χ0n) is 8.99. The molecule has 0 aliphatic carbocycles. The van der Waals surface area contributed by atoms with Crippen LogP contribution < -0.4 is 10.6 Å². The summed E-state index contributed by atoms with van der Waals surface area (Å²) in [4.78, 5) is 25.2. The van der Waals surface area contributed by atoms with Crippen molar-refractivity contribution in [2.75, 3.05) is 5.32 Å². The number of rotatable bonds is 2. The molecule has 0 spiro atoms. The van der Waals surface area contributed by atoms with Crippen molar-refractivity contribution in [3.05, 3.63) is 43.0 Å². The number of carbonyl (C=O) groups excluding carboxylic acids is 2. The Labute approximate surface area is 97.5 Å². The first-order valence-electron chi connectivity index (χ1n) is 5.01. The number of anilines is 1. The number of hydrogen-bond donors (Lipinski definition) is 3. The molecule has 0 saturated carbocycles.